The molecular weight excluding hydrogens is 280 g/mol. The summed E-state index contributed by atoms with van der Waals surface area (Å²) in [5.74, 6) is 2.25. The van der Waals surface area contributed by atoms with Gasteiger partial charge in [0.1, 0.15) is 0 Å². The van der Waals surface area contributed by atoms with Crippen molar-refractivity contribution in [1.82, 2.24) is 10.3 Å². The fourth-order valence-electron chi connectivity index (χ4n) is 1.72. The van der Waals surface area contributed by atoms with Crippen LogP contribution in [-0.4, -0.2) is 41.0 Å². The SMILES string of the molecule is O=CNNc1ccc(NC(=S)N2CCSCC2)cc1. The summed E-state index contributed by atoms with van der Waals surface area (Å²) in [4.78, 5) is 12.3. The molecule has 1 aliphatic heterocycles. The molecule has 1 fully saturated rings. The predicted octanol–water partition coefficient (Wildman–Crippen LogP) is 1.51. The number of rotatable bonds is 4. The predicted molar refractivity (Wildman–Crippen MR) is 84.4 cm³/mol. The maximum Gasteiger partial charge on any atom is 0.225 e. The van der Waals surface area contributed by atoms with Crippen molar-refractivity contribution < 1.29 is 4.79 Å². The minimum absolute atomic E-state index is 0.593. The zero-order valence-corrected chi connectivity index (χ0v) is 12.0. The average Bonchev–Trinajstić information content (AvgIpc) is 2.47. The highest BCUT2D eigenvalue weighted by atomic mass is 32.2. The molecule has 1 aromatic carbocycles. The molecule has 0 aliphatic carbocycles. The van der Waals surface area contributed by atoms with Crippen molar-refractivity contribution >= 4 is 46.9 Å². The highest BCUT2D eigenvalue weighted by Crippen LogP contribution is 2.15. The van der Waals surface area contributed by atoms with Crippen LogP contribution >= 0.6 is 24.0 Å². The minimum Gasteiger partial charge on any atom is -0.347 e. The molecule has 0 radical (unpaired) electrons. The van der Waals surface area contributed by atoms with Gasteiger partial charge in [-0.25, -0.2) is 0 Å². The molecule has 0 atom stereocenters. The highest BCUT2D eigenvalue weighted by Gasteiger charge is 2.13. The van der Waals surface area contributed by atoms with Crippen molar-refractivity contribution in [3.8, 4) is 0 Å². The second-order valence-corrected chi connectivity index (χ2v) is 5.61. The van der Waals surface area contributed by atoms with Crippen LogP contribution in [-0.2, 0) is 4.79 Å². The Labute approximate surface area is 122 Å². The maximum atomic E-state index is 10.2. The number of nitrogens with one attached hydrogen (secondary N) is 3. The third kappa shape index (κ3) is 4.29. The second-order valence-electron chi connectivity index (χ2n) is 3.99. The molecule has 0 bridgehead atoms. The molecule has 0 spiro atoms. The standard InChI is InChI=1S/C12H16N4OS2/c17-9-13-15-11-3-1-10(2-4-11)14-12(18)16-5-7-19-8-6-16/h1-4,9,15H,5-8H2,(H,13,17)(H,14,18). The molecular formula is C12H16N4OS2. The molecule has 7 heteroatoms. The monoisotopic (exact) mass is 296 g/mol. The number of hydrogen-bond donors (Lipinski definition) is 3. The van der Waals surface area contributed by atoms with Crippen LogP contribution in [0, 0.1) is 0 Å². The Morgan fingerprint density at radius 1 is 1.21 bits per heavy atom. The van der Waals surface area contributed by atoms with Gasteiger partial charge in [0.25, 0.3) is 0 Å². The van der Waals surface area contributed by atoms with Crippen LogP contribution in [0.2, 0.25) is 0 Å². The molecule has 1 aliphatic rings. The van der Waals surface area contributed by atoms with E-state index < -0.39 is 0 Å². The van der Waals surface area contributed by atoms with Crippen LogP contribution in [0.3, 0.4) is 0 Å². The van der Waals surface area contributed by atoms with Crippen molar-refractivity contribution in [2.24, 2.45) is 0 Å². The molecule has 1 aromatic rings. The third-order valence-corrected chi connectivity index (χ3v) is 4.01. The van der Waals surface area contributed by atoms with Gasteiger partial charge < -0.3 is 10.2 Å². The lowest BCUT2D eigenvalue weighted by atomic mass is 10.3. The number of hydrazine groups is 1. The number of amides is 1. The van der Waals surface area contributed by atoms with E-state index in [4.69, 9.17) is 12.2 Å². The number of benzene rings is 1. The summed E-state index contributed by atoms with van der Waals surface area (Å²) in [5.41, 5.74) is 6.90. The summed E-state index contributed by atoms with van der Waals surface area (Å²) in [6, 6.07) is 7.57. The van der Waals surface area contributed by atoms with Crippen LogP contribution in [0.1, 0.15) is 0 Å². The van der Waals surface area contributed by atoms with Crippen molar-refractivity contribution in [3.63, 3.8) is 0 Å². The zero-order chi connectivity index (χ0) is 13.5. The van der Waals surface area contributed by atoms with E-state index in [0.29, 0.717) is 6.41 Å². The van der Waals surface area contributed by atoms with Crippen LogP contribution in [0.25, 0.3) is 0 Å². The second kappa shape index (κ2) is 7.20. The first kappa shape index (κ1) is 14.0. The van der Waals surface area contributed by atoms with E-state index in [2.05, 4.69) is 21.1 Å². The van der Waals surface area contributed by atoms with E-state index in [1.54, 1.807) is 0 Å². The summed E-state index contributed by atoms with van der Waals surface area (Å²) in [7, 11) is 0. The van der Waals surface area contributed by atoms with E-state index >= 15 is 0 Å². The first-order chi connectivity index (χ1) is 9.29. The molecule has 0 aromatic heterocycles. The van der Waals surface area contributed by atoms with Gasteiger partial charge in [-0.15, -0.1) is 0 Å². The average molecular weight is 296 g/mol. The summed E-state index contributed by atoms with van der Waals surface area (Å²) in [6.07, 6.45) is 0.593. The summed E-state index contributed by atoms with van der Waals surface area (Å²) in [6.45, 7) is 2.00. The van der Waals surface area contributed by atoms with Gasteiger partial charge in [-0.3, -0.25) is 15.6 Å². The fraction of sp³-hybridized carbons (Fsp3) is 0.333. The van der Waals surface area contributed by atoms with Crippen molar-refractivity contribution in [2.45, 2.75) is 0 Å². The largest absolute Gasteiger partial charge is 0.347 e. The smallest absolute Gasteiger partial charge is 0.225 e. The number of carbonyl (C=O) groups excluding carboxylic acids is 1. The molecule has 1 amide bonds. The minimum atomic E-state index is 0.593. The van der Waals surface area contributed by atoms with Gasteiger partial charge in [0.2, 0.25) is 6.41 Å². The van der Waals surface area contributed by atoms with E-state index in [0.717, 1.165) is 41.1 Å². The molecule has 19 heavy (non-hydrogen) atoms. The fourth-order valence-corrected chi connectivity index (χ4v) is 2.92. The number of thioether (sulfide) groups is 1. The Morgan fingerprint density at radius 2 is 1.84 bits per heavy atom. The van der Waals surface area contributed by atoms with Gasteiger partial charge in [-0.2, -0.15) is 11.8 Å². The van der Waals surface area contributed by atoms with Gasteiger partial charge in [0.15, 0.2) is 5.11 Å². The van der Waals surface area contributed by atoms with E-state index in [1.807, 2.05) is 36.0 Å². The Morgan fingerprint density at radius 3 is 2.47 bits per heavy atom. The first-order valence-electron chi connectivity index (χ1n) is 5.98. The first-order valence-corrected chi connectivity index (χ1v) is 7.55. The van der Waals surface area contributed by atoms with Gasteiger partial charge in [0, 0.05) is 30.3 Å². The Kier molecular flexibility index (Phi) is 5.29. The van der Waals surface area contributed by atoms with E-state index in [-0.39, 0.29) is 0 Å². The molecule has 0 saturated carbocycles. The summed E-state index contributed by atoms with van der Waals surface area (Å²) >= 11 is 7.35. The van der Waals surface area contributed by atoms with Gasteiger partial charge in [-0.1, -0.05) is 0 Å². The molecule has 3 N–H and O–H groups in total. The van der Waals surface area contributed by atoms with E-state index in [9.17, 15) is 4.79 Å². The molecule has 5 nitrogen and oxygen atoms in total. The third-order valence-electron chi connectivity index (χ3n) is 2.71. The topological polar surface area (TPSA) is 56.4 Å². The molecule has 2 rings (SSSR count). The number of nitrogens with zero attached hydrogens (tertiary/aromatic N) is 1. The summed E-state index contributed by atoms with van der Waals surface area (Å²) < 4.78 is 0. The van der Waals surface area contributed by atoms with Crippen LogP contribution in [0.15, 0.2) is 24.3 Å². The van der Waals surface area contributed by atoms with Crippen molar-refractivity contribution in [1.29, 1.82) is 0 Å². The number of carbonyl (C=O) groups is 1. The lowest BCUT2D eigenvalue weighted by Crippen LogP contribution is -2.40. The number of anilines is 2. The van der Waals surface area contributed by atoms with Crippen molar-refractivity contribution in [3.05, 3.63) is 24.3 Å². The van der Waals surface area contributed by atoms with Gasteiger partial charge in [-0.05, 0) is 36.5 Å². The Bertz CT molecular complexity index is 432. The Balaban J connectivity index is 1.87. The van der Waals surface area contributed by atoms with E-state index in [1.165, 1.54) is 0 Å². The maximum absolute atomic E-state index is 10.2. The van der Waals surface area contributed by atoms with Crippen molar-refractivity contribution in [2.75, 3.05) is 35.3 Å². The molecule has 1 saturated heterocycles. The van der Waals surface area contributed by atoms with Crippen LogP contribution in [0.5, 0.6) is 0 Å². The van der Waals surface area contributed by atoms with Gasteiger partial charge >= 0.3 is 0 Å². The quantitative estimate of drug-likeness (QED) is 0.445. The lowest BCUT2D eigenvalue weighted by Gasteiger charge is -2.29. The summed E-state index contributed by atoms with van der Waals surface area (Å²) in [5, 5.41) is 4.00. The van der Waals surface area contributed by atoms with Crippen LogP contribution in [0.4, 0.5) is 11.4 Å². The molecule has 102 valence electrons. The Hall–Kier alpha value is -1.47. The normalized spacial score (nSPS) is 14.6. The van der Waals surface area contributed by atoms with Gasteiger partial charge in [0.05, 0.1) is 5.69 Å². The molecule has 0 unspecified atom stereocenters. The number of hydrogen-bond acceptors (Lipinski definition) is 4. The lowest BCUT2D eigenvalue weighted by molar-refractivity contribution is -0.109. The van der Waals surface area contributed by atoms with Crippen LogP contribution < -0.4 is 16.2 Å². The number of thiocarbonyl (C=S) groups is 1. The highest BCUT2D eigenvalue weighted by molar-refractivity contribution is 7.99. The molecule has 1 heterocycles. The zero-order valence-electron chi connectivity index (χ0n) is 10.4.